The summed E-state index contributed by atoms with van der Waals surface area (Å²) in [4.78, 5) is 38.3. The largest absolute Gasteiger partial charge is 0.444 e. The van der Waals surface area contributed by atoms with Crippen molar-refractivity contribution in [3.63, 3.8) is 0 Å². The second-order valence-electron chi connectivity index (χ2n) is 7.86. The molecule has 1 fully saturated rings. The average Bonchev–Trinajstić information content (AvgIpc) is 3.10. The first-order chi connectivity index (χ1) is 13.5. The predicted molar refractivity (Wildman–Crippen MR) is 109 cm³/mol. The van der Waals surface area contributed by atoms with Crippen LogP contribution < -0.4 is 10.4 Å². The van der Waals surface area contributed by atoms with Gasteiger partial charge in [-0.15, -0.1) is 0 Å². The molecule has 1 aliphatic heterocycles. The molecule has 2 heterocycles. The average molecular weight is 442 g/mol. The first-order valence-corrected chi connectivity index (χ1v) is 9.87. The monoisotopic (exact) mass is 441 g/mol. The van der Waals surface area contributed by atoms with Gasteiger partial charge in [0.15, 0.2) is 5.75 Å². The molecule has 156 valence electrons. The molecule has 29 heavy (non-hydrogen) atoms. The molecule has 0 radical (unpaired) electrons. The summed E-state index contributed by atoms with van der Waals surface area (Å²) in [6.07, 6.45) is 0.530. The van der Waals surface area contributed by atoms with Crippen LogP contribution in [0, 0.1) is 6.92 Å². The third-order valence-corrected chi connectivity index (χ3v) is 5.25. The Morgan fingerprint density at radius 3 is 2.59 bits per heavy atom. The maximum absolute atomic E-state index is 12.7. The third kappa shape index (κ3) is 4.51. The standard InChI is InChI=1S/C20H21Cl2NO6/c1-10-11-8-12(21)15(9-14(11)27-18(25)16(10)22)28-17(24)13-6-5-7-23(13)19(26)29-20(2,3)4/h8-9,13H,5-7H2,1-4H3. The summed E-state index contributed by atoms with van der Waals surface area (Å²) in [5, 5.41) is 0.661. The Hall–Kier alpha value is -2.25. The van der Waals surface area contributed by atoms with Crippen LogP contribution in [0.4, 0.5) is 4.79 Å². The number of carbonyl (C=O) groups is 2. The lowest BCUT2D eigenvalue weighted by atomic mass is 10.1. The molecule has 0 bridgehead atoms. The molecule has 1 atom stereocenters. The summed E-state index contributed by atoms with van der Waals surface area (Å²) >= 11 is 12.2. The molecule has 2 aromatic rings. The number of nitrogens with zero attached hydrogens (tertiary/aromatic N) is 1. The second kappa shape index (κ2) is 7.88. The highest BCUT2D eigenvalue weighted by Gasteiger charge is 2.38. The molecule has 3 rings (SSSR count). The van der Waals surface area contributed by atoms with Crippen LogP contribution in [-0.4, -0.2) is 35.2 Å². The summed E-state index contributed by atoms with van der Waals surface area (Å²) < 4.78 is 16.0. The third-order valence-electron chi connectivity index (χ3n) is 4.51. The van der Waals surface area contributed by atoms with Crippen LogP contribution in [0.1, 0.15) is 39.2 Å². The van der Waals surface area contributed by atoms with Gasteiger partial charge in [0.25, 0.3) is 0 Å². The number of benzene rings is 1. The van der Waals surface area contributed by atoms with E-state index in [1.54, 1.807) is 27.7 Å². The van der Waals surface area contributed by atoms with E-state index in [-0.39, 0.29) is 21.4 Å². The number of hydrogen-bond donors (Lipinski definition) is 0. The van der Waals surface area contributed by atoms with Gasteiger partial charge in [0, 0.05) is 18.0 Å². The van der Waals surface area contributed by atoms with Crippen LogP contribution in [-0.2, 0) is 9.53 Å². The maximum Gasteiger partial charge on any atom is 0.411 e. The number of aryl methyl sites for hydroxylation is 1. The Balaban J connectivity index is 1.85. The van der Waals surface area contributed by atoms with E-state index in [1.165, 1.54) is 17.0 Å². The summed E-state index contributed by atoms with van der Waals surface area (Å²) in [7, 11) is 0. The number of fused-ring (bicyclic) bond motifs is 1. The van der Waals surface area contributed by atoms with E-state index >= 15 is 0 Å². The Morgan fingerprint density at radius 2 is 1.93 bits per heavy atom. The quantitative estimate of drug-likeness (QED) is 0.380. The Morgan fingerprint density at radius 1 is 1.24 bits per heavy atom. The zero-order chi connectivity index (χ0) is 21.5. The highest BCUT2D eigenvalue weighted by atomic mass is 35.5. The molecule has 1 aliphatic rings. The molecule has 0 spiro atoms. The van der Waals surface area contributed by atoms with Crippen LogP contribution >= 0.6 is 23.2 Å². The highest BCUT2D eigenvalue weighted by molar-refractivity contribution is 6.34. The number of esters is 1. The van der Waals surface area contributed by atoms with Crippen molar-refractivity contribution in [2.75, 3.05) is 6.54 Å². The van der Waals surface area contributed by atoms with Gasteiger partial charge in [0.2, 0.25) is 0 Å². The van der Waals surface area contributed by atoms with Crippen molar-refractivity contribution >= 4 is 46.2 Å². The van der Waals surface area contributed by atoms with Gasteiger partial charge in [-0.2, -0.15) is 0 Å². The first kappa shape index (κ1) is 21.5. The molecule has 0 N–H and O–H groups in total. The van der Waals surface area contributed by atoms with Gasteiger partial charge in [-0.3, -0.25) is 4.90 Å². The van der Waals surface area contributed by atoms with E-state index < -0.39 is 29.3 Å². The predicted octanol–water partition coefficient (Wildman–Crippen LogP) is 4.71. The molecule has 9 heteroatoms. The van der Waals surface area contributed by atoms with Crippen molar-refractivity contribution in [1.82, 2.24) is 4.90 Å². The molecule has 1 aromatic heterocycles. The van der Waals surface area contributed by atoms with Gasteiger partial charge in [0.1, 0.15) is 22.2 Å². The highest BCUT2D eigenvalue weighted by Crippen LogP contribution is 2.33. The van der Waals surface area contributed by atoms with Crippen molar-refractivity contribution in [2.24, 2.45) is 0 Å². The van der Waals surface area contributed by atoms with Crippen molar-refractivity contribution < 1.29 is 23.5 Å². The molecular formula is C20H21Cl2NO6. The number of ether oxygens (including phenoxy) is 2. The lowest BCUT2D eigenvalue weighted by Crippen LogP contribution is -2.44. The summed E-state index contributed by atoms with van der Waals surface area (Å²) in [6.45, 7) is 7.33. The van der Waals surface area contributed by atoms with Gasteiger partial charge >= 0.3 is 17.7 Å². The zero-order valence-electron chi connectivity index (χ0n) is 16.5. The molecule has 0 saturated carbocycles. The van der Waals surface area contributed by atoms with Gasteiger partial charge < -0.3 is 13.9 Å². The van der Waals surface area contributed by atoms with E-state index in [9.17, 15) is 14.4 Å². The second-order valence-corrected chi connectivity index (χ2v) is 8.65. The number of halogens is 2. The molecular weight excluding hydrogens is 421 g/mol. The minimum absolute atomic E-state index is 0.0303. The van der Waals surface area contributed by atoms with Gasteiger partial charge in [-0.05, 0) is 52.2 Å². The molecule has 0 aliphatic carbocycles. The van der Waals surface area contributed by atoms with Gasteiger partial charge in [0.05, 0.1) is 5.02 Å². The Kier molecular flexibility index (Phi) is 5.83. The topological polar surface area (TPSA) is 86.0 Å². The van der Waals surface area contributed by atoms with E-state index in [4.69, 9.17) is 37.1 Å². The summed E-state index contributed by atoms with van der Waals surface area (Å²) in [5.41, 5.74) is -0.654. The van der Waals surface area contributed by atoms with Crippen LogP contribution in [0.5, 0.6) is 5.75 Å². The number of likely N-dealkylation sites (tertiary alicyclic amines) is 1. The fraction of sp³-hybridized carbons (Fsp3) is 0.450. The maximum atomic E-state index is 12.7. The van der Waals surface area contributed by atoms with Crippen molar-refractivity contribution in [1.29, 1.82) is 0 Å². The van der Waals surface area contributed by atoms with Crippen LogP contribution in [0.25, 0.3) is 11.0 Å². The van der Waals surface area contributed by atoms with Crippen LogP contribution in [0.3, 0.4) is 0 Å². The lowest BCUT2D eigenvalue weighted by molar-refractivity contribution is -0.139. The van der Waals surface area contributed by atoms with Crippen molar-refractivity contribution in [3.05, 3.63) is 38.2 Å². The van der Waals surface area contributed by atoms with E-state index in [2.05, 4.69) is 0 Å². The number of amides is 1. The van der Waals surface area contributed by atoms with Crippen LogP contribution in [0.2, 0.25) is 10.0 Å². The van der Waals surface area contributed by atoms with E-state index in [0.717, 1.165) is 0 Å². The van der Waals surface area contributed by atoms with E-state index in [0.29, 0.717) is 30.3 Å². The fourth-order valence-corrected chi connectivity index (χ4v) is 3.48. The summed E-state index contributed by atoms with van der Waals surface area (Å²) in [5.74, 6) is -0.604. The lowest BCUT2D eigenvalue weighted by Gasteiger charge is -2.27. The van der Waals surface area contributed by atoms with Crippen molar-refractivity contribution in [3.8, 4) is 5.75 Å². The number of carbonyl (C=O) groups excluding carboxylic acids is 2. The van der Waals surface area contributed by atoms with Gasteiger partial charge in [-0.25, -0.2) is 14.4 Å². The van der Waals surface area contributed by atoms with Crippen molar-refractivity contribution in [2.45, 2.75) is 52.2 Å². The molecule has 7 nitrogen and oxygen atoms in total. The zero-order valence-corrected chi connectivity index (χ0v) is 18.0. The summed E-state index contributed by atoms with van der Waals surface area (Å²) in [6, 6.07) is 2.10. The van der Waals surface area contributed by atoms with Crippen LogP contribution in [0.15, 0.2) is 21.3 Å². The van der Waals surface area contributed by atoms with Gasteiger partial charge in [-0.1, -0.05) is 23.2 Å². The molecule has 1 aromatic carbocycles. The minimum atomic E-state index is -0.782. The molecule has 1 saturated heterocycles. The minimum Gasteiger partial charge on any atom is -0.444 e. The molecule has 1 amide bonds. The Bertz CT molecular complexity index is 1040. The molecule has 1 unspecified atom stereocenters. The number of hydrogen-bond acceptors (Lipinski definition) is 6. The first-order valence-electron chi connectivity index (χ1n) is 9.11. The Labute approximate surface area is 177 Å². The normalized spacial score (nSPS) is 16.9. The SMILES string of the molecule is Cc1c(Cl)c(=O)oc2cc(OC(=O)C3CCCN3C(=O)OC(C)(C)C)c(Cl)cc12. The smallest absolute Gasteiger partial charge is 0.411 e. The van der Waals surface area contributed by atoms with E-state index in [1.807, 2.05) is 0 Å². The number of rotatable bonds is 2. The fourth-order valence-electron chi connectivity index (χ4n) is 3.13.